The van der Waals surface area contributed by atoms with Gasteiger partial charge in [-0.1, -0.05) is 78.9 Å². The van der Waals surface area contributed by atoms with Crippen LogP contribution in [-0.4, -0.2) is 15.5 Å². The van der Waals surface area contributed by atoms with Crippen molar-refractivity contribution >= 4 is 26.5 Å². The highest BCUT2D eigenvalue weighted by molar-refractivity contribution is 7.92. The van der Waals surface area contributed by atoms with Crippen molar-refractivity contribution in [3.8, 4) is 11.1 Å². The molecule has 27 heavy (non-hydrogen) atoms. The molecule has 4 rings (SSSR count). The number of benzene rings is 4. The lowest BCUT2D eigenvalue weighted by Gasteiger charge is -2.21. The van der Waals surface area contributed by atoms with Gasteiger partial charge in [0.1, 0.15) is 0 Å². The first-order valence-electron chi connectivity index (χ1n) is 8.69. The molecule has 0 radical (unpaired) electrons. The fourth-order valence-electron chi connectivity index (χ4n) is 3.22. The van der Waals surface area contributed by atoms with Gasteiger partial charge in [-0.25, -0.2) is 8.42 Å². The predicted molar refractivity (Wildman–Crippen MR) is 111 cm³/mol. The summed E-state index contributed by atoms with van der Waals surface area (Å²) in [5.74, 6) is 0. The number of hydrogen-bond acceptors (Lipinski definition) is 2. The van der Waals surface area contributed by atoms with Gasteiger partial charge < -0.3 is 0 Å². The van der Waals surface area contributed by atoms with E-state index in [-0.39, 0.29) is 4.90 Å². The molecule has 0 saturated heterocycles. The normalized spacial score (nSPS) is 11.4. The zero-order valence-corrected chi connectivity index (χ0v) is 15.7. The van der Waals surface area contributed by atoms with Crippen LogP contribution < -0.4 is 4.31 Å². The molecule has 0 saturated carbocycles. The lowest BCUT2D eigenvalue weighted by atomic mass is 10.1. The average molecular weight is 373 g/mol. The Balaban J connectivity index is 1.72. The summed E-state index contributed by atoms with van der Waals surface area (Å²) in [7, 11) is -2.05. The molecule has 0 aromatic heterocycles. The van der Waals surface area contributed by atoms with Crippen molar-refractivity contribution in [2.24, 2.45) is 0 Å². The molecular formula is C23H19NO2S. The molecule has 0 unspecified atom stereocenters. The van der Waals surface area contributed by atoms with Crippen molar-refractivity contribution in [1.29, 1.82) is 0 Å². The Kier molecular flexibility index (Phi) is 4.42. The van der Waals surface area contributed by atoms with Crippen LogP contribution in [0, 0.1) is 0 Å². The Morgan fingerprint density at radius 1 is 0.630 bits per heavy atom. The van der Waals surface area contributed by atoms with Crippen LogP contribution in [0.15, 0.2) is 102 Å². The molecule has 134 valence electrons. The molecule has 0 bridgehead atoms. The Labute approximate surface area is 159 Å². The van der Waals surface area contributed by atoms with Gasteiger partial charge >= 0.3 is 0 Å². The molecule has 4 aromatic rings. The van der Waals surface area contributed by atoms with E-state index in [1.165, 1.54) is 4.31 Å². The van der Waals surface area contributed by atoms with Crippen LogP contribution >= 0.6 is 0 Å². The van der Waals surface area contributed by atoms with Gasteiger partial charge in [-0.15, -0.1) is 0 Å². The van der Waals surface area contributed by atoms with Gasteiger partial charge in [-0.2, -0.15) is 0 Å². The summed E-state index contributed by atoms with van der Waals surface area (Å²) in [4.78, 5) is 0.276. The zero-order valence-electron chi connectivity index (χ0n) is 14.9. The summed E-state index contributed by atoms with van der Waals surface area (Å²) in [6, 6.07) is 30.4. The Hall–Kier alpha value is -3.11. The van der Waals surface area contributed by atoms with Gasteiger partial charge in [-0.3, -0.25) is 4.31 Å². The number of fused-ring (bicyclic) bond motifs is 1. The molecule has 0 heterocycles. The van der Waals surface area contributed by atoms with Gasteiger partial charge in [0.05, 0.1) is 10.6 Å². The van der Waals surface area contributed by atoms with Crippen LogP contribution in [0.3, 0.4) is 0 Å². The number of anilines is 1. The Bertz CT molecular complexity index is 1180. The second kappa shape index (κ2) is 6.89. The van der Waals surface area contributed by atoms with Crippen LogP contribution in [-0.2, 0) is 10.0 Å². The standard InChI is InChI=1S/C23H19NO2S/c1-24(23-13-7-11-20-10-5-6-12-22(20)23)27(25,26)21-16-14-19(15-17-21)18-8-3-2-4-9-18/h2-17H,1H3. The van der Waals surface area contributed by atoms with Crippen molar-refractivity contribution in [2.45, 2.75) is 4.90 Å². The second-order valence-corrected chi connectivity index (χ2v) is 8.33. The third-order valence-corrected chi connectivity index (χ3v) is 6.51. The van der Waals surface area contributed by atoms with E-state index in [4.69, 9.17) is 0 Å². The molecule has 0 fully saturated rings. The summed E-state index contributed by atoms with van der Waals surface area (Å²) < 4.78 is 27.7. The van der Waals surface area contributed by atoms with Gasteiger partial charge in [0.2, 0.25) is 0 Å². The van der Waals surface area contributed by atoms with E-state index >= 15 is 0 Å². The molecule has 0 spiro atoms. The minimum Gasteiger partial charge on any atom is -0.269 e. The quantitative estimate of drug-likeness (QED) is 0.485. The van der Waals surface area contributed by atoms with Crippen LogP contribution in [0.4, 0.5) is 5.69 Å². The maximum absolute atomic E-state index is 13.2. The molecule has 0 aliphatic carbocycles. The molecule has 0 amide bonds. The van der Waals surface area contributed by atoms with E-state index in [0.717, 1.165) is 21.9 Å². The van der Waals surface area contributed by atoms with Crippen LogP contribution in [0.25, 0.3) is 21.9 Å². The minimum absolute atomic E-state index is 0.276. The van der Waals surface area contributed by atoms with Crippen LogP contribution in [0.5, 0.6) is 0 Å². The molecule has 3 nitrogen and oxygen atoms in total. The lowest BCUT2D eigenvalue weighted by Crippen LogP contribution is -2.26. The summed E-state index contributed by atoms with van der Waals surface area (Å²) >= 11 is 0. The summed E-state index contributed by atoms with van der Waals surface area (Å²) in [5.41, 5.74) is 2.71. The highest BCUT2D eigenvalue weighted by atomic mass is 32.2. The first-order valence-corrected chi connectivity index (χ1v) is 10.1. The van der Waals surface area contributed by atoms with Crippen LogP contribution in [0.2, 0.25) is 0 Å². The average Bonchev–Trinajstić information content (AvgIpc) is 2.73. The molecule has 0 aliphatic rings. The lowest BCUT2D eigenvalue weighted by molar-refractivity contribution is 0.594. The Morgan fingerprint density at radius 2 is 1.22 bits per heavy atom. The van der Waals surface area contributed by atoms with Crippen molar-refractivity contribution < 1.29 is 8.42 Å². The largest absolute Gasteiger partial charge is 0.269 e. The summed E-state index contributed by atoms with van der Waals surface area (Å²) in [6.45, 7) is 0. The van der Waals surface area contributed by atoms with Gasteiger partial charge in [0.25, 0.3) is 10.0 Å². The van der Waals surface area contributed by atoms with Gasteiger partial charge in [0.15, 0.2) is 0 Å². The van der Waals surface area contributed by atoms with Crippen LogP contribution in [0.1, 0.15) is 0 Å². The van der Waals surface area contributed by atoms with Crippen molar-refractivity contribution in [2.75, 3.05) is 11.4 Å². The molecule has 4 aromatic carbocycles. The van der Waals surface area contributed by atoms with Gasteiger partial charge in [0, 0.05) is 12.4 Å². The predicted octanol–water partition coefficient (Wildman–Crippen LogP) is 5.33. The van der Waals surface area contributed by atoms with Crippen molar-refractivity contribution in [3.63, 3.8) is 0 Å². The van der Waals surface area contributed by atoms with E-state index < -0.39 is 10.0 Å². The summed E-state index contributed by atoms with van der Waals surface area (Å²) in [5, 5.41) is 1.92. The second-order valence-electron chi connectivity index (χ2n) is 6.36. The molecule has 4 heteroatoms. The number of hydrogen-bond donors (Lipinski definition) is 0. The van der Waals surface area contributed by atoms with Crippen molar-refractivity contribution in [3.05, 3.63) is 97.1 Å². The summed E-state index contributed by atoms with van der Waals surface area (Å²) in [6.07, 6.45) is 0. The number of rotatable bonds is 4. The topological polar surface area (TPSA) is 37.4 Å². The highest BCUT2D eigenvalue weighted by Gasteiger charge is 2.22. The SMILES string of the molecule is CN(c1cccc2ccccc12)S(=O)(=O)c1ccc(-c2ccccc2)cc1. The maximum Gasteiger partial charge on any atom is 0.264 e. The monoisotopic (exact) mass is 373 g/mol. The van der Waals surface area contributed by atoms with E-state index in [2.05, 4.69) is 0 Å². The maximum atomic E-state index is 13.2. The fourth-order valence-corrected chi connectivity index (χ4v) is 4.43. The van der Waals surface area contributed by atoms with Crippen molar-refractivity contribution in [1.82, 2.24) is 0 Å². The Morgan fingerprint density at radius 3 is 1.96 bits per heavy atom. The molecular weight excluding hydrogens is 354 g/mol. The van der Waals surface area contributed by atoms with E-state index in [9.17, 15) is 8.42 Å². The van der Waals surface area contributed by atoms with Gasteiger partial charge in [-0.05, 0) is 34.7 Å². The third-order valence-electron chi connectivity index (χ3n) is 4.73. The van der Waals surface area contributed by atoms with E-state index in [1.807, 2.05) is 84.9 Å². The highest BCUT2D eigenvalue weighted by Crippen LogP contribution is 2.30. The number of sulfonamides is 1. The van der Waals surface area contributed by atoms with E-state index in [1.54, 1.807) is 19.2 Å². The number of nitrogens with zero attached hydrogens (tertiary/aromatic N) is 1. The first kappa shape index (κ1) is 17.3. The third kappa shape index (κ3) is 3.20. The minimum atomic E-state index is -3.65. The first-order chi connectivity index (χ1) is 13.1. The zero-order chi connectivity index (χ0) is 18.9. The smallest absolute Gasteiger partial charge is 0.264 e. The molecule has 0 N–H and O–H groups in total. The fraction of sp³-hybridized carbons (Fsp3) is 0.0435. The van der Waals surface area contributed by atoms with E-state index in [0.29, 0.717) is 5.69 Å². The molecule has 0 aliphatic heterocycles. The molecule has 0 atom stereocenters.